The van der Waals surface area contributed by atoms with Crippen molar-refractivity contribution in [3.63, 3.8) is 0 Å². The minimum atomic E-state index is -0.487. The average Bonchev–Trinajstić information content (AvgIpc) is 2.56. The monoisotopic (exact) mass is 318 g/mol. The molecule has 0 atom stereocenters. The zero-order valence-electron chi connectivity index (χ0n) is 12.9. The number of fused-ring (bicyclic) bond motifs is 1. The lowest BCUT2D eigenvalue weighted by Crippen LogP contribution is -2.44. The highest BCUT2D eigenvalue weighted by molar-refractivity contribution is 6.00. The van der Waals surface area contributed by atoms with Crippen LogP contribution in [0.2, 0.25) is 0 Å². The topological polar surface area (TPSA) is 80.5 Å². The number of nitrogens with zero attached hydrogens (tertiary/aromatic N) is 2. The first-order valence-corrected chi connectivity index (χ1v) is 7.52. The number of nitrogens with two attached hydrogens (primary N) is 1. The molecule has 0 spiro atoms. The van der Waals surface area contributed by atoms with Gasteiger partial charge in [-0.1, -0.05) is 0 Å². The first kappa shape index (κ1) is 15.5. The van der Waals surface area contributed by atoms with Gasteiger partial charge in [0.05, 0.1) is 12.8 Å². The van der Waals surface area contributed by atoms with Crippen molar-refractivity contribution in [3.8, 4) is 5.75 Å². The van der Waals surface area contributed by atoms with E-state index < -0.39 is 5.82 Å². The van der Waals surface area contributed by atoms with Gasteiger partial charge in [-0.15, -0.1) is 0 Å². The average molecular weight is 318 g/mol. The van der Waals surface area contributed by atoms with Crippen LogP contribution in [-0.4, -0.2) is 42.2 Å². The van der Waals surface area contributed by atoms with E-state index in [1.165, 1.54) is 19.4 Å². The molecule has 2 amide bonds. The Morgan fingerprint density at radius 2 is 2.17 bits per heavy atom. The van der Waals surface area contributed by atoms with Crippen LogP contribution in [0, 0.1) is 5.82 Å². The lowest BCUT2D eigenvalue weighted by atomic mass is 10.1. The maximum Gasteiger partial charge on any atom is 0.321 e. The van der Waals surface area contributed by atoms with Gasteiger partial charge < -0.3 is 20.7 Å². The molecule has 0 aliphatic carbocycles. The SMILES string of the molecule is COc1cc(F)c2nccc(NC(=O)N3CCC(N)CC3)c2c1. The number of nitrogens with one attached hydrogen (secondary N) is 1. The van der Waals surface area contributed by atoms with E-state index in [1.807, 2.05) is 0 Å². The third kappa shape index (κ3) is 3.19. The van der Waals surface area contributed by atoms with Crippen LogP contribution in [0.25, 0.3) is 10.9 Å². The number of carbonyl (C=O) groups excluding carboxylic acids is 1. The number of urea groups is 1. The Morgan fingerprint density at radius 3 is 2.87 bits per heavy atom. The highest BCUT2D eigenvalue weighted by atomic mass is 19.1. The van der Waals surface area contributed by atoms with Gasteiger partial charge in [-0.3, -0.25) is 4.98 Å². The molecule has 1 aromatic heterocycles. The molecular weight excluding hydrogens is 299 g/mol. The van der Waals surface area contributed by atoms with Crippen molar-refractivity contribution < 1.29 is 13.9 Å². The number of benzene rings is 1. The van der Waals surface area contributed by atoms with Gasteiger partial charge in [0.1, 0.15) is 11.3 Å². The smallest absolute Gasteiger partial charge is 0.321 e. The Labute approximate surface area is 133 Å². The summed E-state index contributed by atoms with van der Waals surface area (Å²) in [6.07, 6.45) is 3.04. The first-order valence-electron chi connectivity index (χ1n) is 7.52. The van der Waals surface area contributed by atoms with Crippen LogP contribution in [0.15, 0.2) is 24.4 Å². The van der Waals surface area contributed by atoms with Crippen LogP contribution in [0.1, 0.15) is 12.8 Å². The third-order valence-electron chi connectivity index (χ3n) is 4.08. The van der Waals surface area contributed by atoms with Crippen LogP contribution in [0.5, 0.6) is 5.75 Å². The number of hydrogen-bond donors (Lipinski definition) is 2. The third-order valence-corrected chi connectivity index (χ3v) is 4.08. The molecular formula is C16H19FN4O2. The molecule has 0 unspecified atom stereocenters. The fraction of sp³-hybridized carbons (Fsp3) is 0.375. The fourth-order valence-electron chi connectivity index (χ4n) is 2.71. The van der Waals surface area contributed by atoms with Crippen molar-refractivity contribution >= 4 is 22.6 Å². The summed E-state index contributed by atoms with van der Waals surface area (Å²) >= 11 is 0. The van der Waals surface area contributed by atoms with Gasteiger partial charge in [0, 0.05) is 36.8 Å². The molecule has 3 N–H and O–H groups in total. The normalized spacial score (nSPS) is 15.7. The molecule has 23 heavy (non-hydrogen) atoms. The largest absolute Gasteiger partial charge is 0.497 e. The summed E-state index contributed by atoms with van der Waals surface area (Å²) < 4.78 is 19.2. The quantitative estimate of drug-likeness (QED) is 0.890. The van der Waals surface area contributed by atoms with Gasteiger partial charge in [-0.2, -0.15) is 0 Å². The Kier molecular flexibility index (Phi) is 4.29. The molecule has 0 radical (unpaired) electrons. The van der Waals surface area contributed by atoms with E-state index in [0.29, 0.717) is 29.9 Å². The van der Waals surface area contributed by atoms with E-state index in [9.17, 15) is 9.18 Å². The lowest BCUT2D eigenvalue weighted by molar-refractivity contribution is 0.195. The van der Waals surface area contributed by atoms with E-state index in [1.54, 1.807) is 17.0 Å². The van der Waals surface area contributed by atoms with Crippen molar-refractivity contribution in [1.82, 2.24) is 9.88 Å². The molecule has 7 heteroatoms. The van der Waals surface area contributed by atoms with Crippen molar-refractivity contribution in [2.75, 3.05) is 25.5 Å². The van der Waals surface area contributed by atoms with Crippen LogP contribution >= 0.6 is 0 Å². The Bertz CT molecular complexity index is 729. The number of piperidine rings is 1. The second-order valence-electron chi connectivity index (χ2n) is 5.62. The van der Waals surface area contributed by atoms with Crippen LogP contribution in [0.4, 0.5) is 14.9 Å². The fourth-order valence-corrected chi connectivity index (χ4v) is 2.71. The highest BCUT2D eigenvalue weighted by Gasteiger charge is 2.21. The number of pyridine rings is 1. The van der Waals surface area contributed by atoms with Crippen LogP contribution in [-0.2, 0) is 0 Å². The molecule has 0 saturated carbocycles. The molecule has 2 aromatic rings. The van der Waals surface area contributed by atoms with Gasteiger partial charge >= 0.3 is 6.03 Å². The molecule has 1 fully saturated rings. The number of aromatic nitrogens is 1. The van der Waals surface area contributed by atoms with E-state index in [0.717, 1.165) is 12.8 Å². The van der Waals surface area contributed by atoms with Crippen LogP contribution < -0.4 is 15.8 Å². The molecule has 6 nitrogen and oxygen atoms in total. The molecule has 122 valence electrons. The number of hydrogen-bond acceptors (Lipinski definition) is 4. The zero-order chi connectivity index (χ0) is 16.4. The highest BCUT2D eigenvalue weighted by Crippen LogP contribution is 2.28. The number of halogens is 1. The Hall–Kier alpha value is -2.41. The van der Waals surface area contributed by atoms with Gasteiger partial charge in [0.2, 0.25) is 0 Å². The summed E-state index contributed by atoms with van der Waals surface area (Å²) in [6, 6.07) is 4.52. The number of rotatable bonds is 2. The van der Waals surface area contributed by atoms with Crippen molar-refractivity contribution in [1.29, 1.82) is 0 Å². The number of methoxy groups -OCH3 is 1. The zero-order valence-corrected chi connectivity index (χ0v) is 12.9. The molecule has 1 aliphatic heterocycles. The Morgan fingerprint density at radius 1 is 1.43 bits per heavy atom. The summed E-state index contributed by atoms with van der Waals surface area (Å²) in [4.78, 5) is 18.1. The summed E-state index contributed by atoms with van der Waals surface area (Å²) in [5, 5.41) is 3.34. The number of amides is 2. The van der Waals surface area contributed by atoms with Crippen LogP contribution in [0.3, 0.4) is 0 Å². The van der Waals surface area contributed by atoms with Gasteiger partial charge in [-0.05, 0) is 25.0 Å². The summed E-state index contributed by atoms with van der Waals surface area (Å²) in [5.41, 5.74) is 6.56. The molecule has 2 heterocycles. The second kappa shape index (κ2) is 6.37. The minimum Gasteiger partial charge on any atom is -0.497 e. The van der Waals surface area contributed by atoms with Crippen molar-refractivity contribution in [3.05, 3.63) is 30.2 Å². The predicted octanol–water partition coefficient (Wildman–Crippen LogP) is 2.34. The number of ether oxygens (including phenoxy) is 1. The van der Waals surface area contributed by atoms with E-state index >= 15 is 0 Å². The van der Waals surface area contributed by atoms with Crippen molar-refractivity contribution in [2.45, 2.75) is 18.9 Å². The second-order valence-corrected chi connectivity index (χ2v) is 5.62. The minimum absolute atomic E-state index is 0.152. The van der Waals surface area contributed by atoms with E-state index in [2.05, 4.69) is 10.3 Å². The van der Waals surface area contributed by atoms with E-state index in [4.69, 9.17) is 10.5 Å². The number of likely N-dealkylation sites (tertiary alicyclic amines) is 1. The number of carbonyl (C=O) groups is 1. The molecule has 1 aliphatic rings. The van der Waals surface area contributed by atoms with E-state index in [-0.39, 0.29) is 17.6 Å². The molecule has 3 rings (SSSR count). The lowest BCUT2D eigenvalue weighted by Gasteiger charge is -2.30. The number of anilines is 1. The maximum absolute atomic E-state index is 14.1. The summed E-state index contributed by atoms with van der Waals surface area (Å²) in [7, 11) is 1.46. The van der Waals surface area contributed by atoms with Crippen molar-refractivity contribution in [2.24, 2.45) is 5.73 Å². The maximum atomic E-state index is 14.1. The molecule has 1 aromatic carbocycles. The first-order chi connectivity index (χ1) is 11.1. The van der Waals surface area contributed by atoms with Gasteiger partial charge in [-0.25, -0.2) is 9.18 Å². The molecule has 0 bridgehead atoms. The van der Waals surface area contributed by atoms with Gasteiger partial charge in [0.25, 0.3) is 0 Å². The summed E-state index contributed by atoms with van der Waals surface area (Å²) in [5.74, 6) is -0.109. The Balaban J connectivity index is 1.87. The predicted molar refractivity (Wildman–Crippen MR) is 86.1 cm³/mol. The molecule has 1 saturated heterocycles. The summed E-state index contributed by atoms with van der Waals surface area (Å²) in [6.45, 7) is 1.24. The van der Waals surface area contributed by atoms with Gasteiger partial charge in [0.15, 0.2) is 5.82 Å². The standard InChI is InChI=1S/C16H19FN4O2/c1-23-11-8-12-14(2-5-19-15(12)13(17)9-11)20-16(22)21-6-3-10(18)4-7-21/h2,5,8-10H,3-4,6-7,18H2,1H3,(H,19,20,22).